The van der Waals surface area contributed by atoms with Crippen molar-refractivity contribution in [3.8, 4) is 0 Å². The zero-order chi connectivity index (χ0) is 13.7. The molecule has 100 valence electrons. The number of carbonyl (C=O) groups excluding carboxylic acids is 1. The molecule has 0 bridgehead atoms. The van der Waals surface area contributed by atoms with Gasteiger partial charge in [0.15, 0.2) is 0 Å². The SMILES string of the molecule is Cn1cc(C(N)C(=O)NCCc2ccncc2)cn1. The molecule has 2 heterocycles. The molecule has 2 aromatic rings. The van der Waals surface area contributed by atoms with E-state index in [4.69, 9.17) is 5.73 Å². The summed E-state index contributed by atoms with van der Waals surface area (Å²) in [5, 5.41) is 6.81. The van der Waals surface area contributed by atoms with Gasteiger partial charge < -0.3 is 11.1 Å². The molecule has 19 heavy (non-hydrogen) atoms. The van der Waals surface area contributed by atoms with E-state index in [-0.39, 0.29) is 5.91 Å². The first-order chi connectivity index (χ1) is 9.16. The van der Waals surface area contributed by atoms with Gasteiger partial charge in [0.25, 0.3) is 0 Å². The Balaban J connectivity index is 1.81. The summed E-state index contributed by atoms with van der Waals surface area (Å²) in [7, 11) is 1.79. The molecule has 6 nitrogen and oxygen atoms in total. The molecule has 6 heteroatoms. The first kappa shape index (κ1) is 13.2. The molecule has 1 amide bonds. The maximum Gasteiger partial charge on any atom is 0.241 e. The Morgan fingerprint density at radius 2 is 2.21 bits per heavy atom. The summed E-state index contributed by atoms with van der Waals surface area (Å²) in [4.78, 5) is 15.8. The summed E-state index contributed by atoms with van der Waals surface area (Å²) in [5.41, 5.74) is 7.70. The van der Waals surface area contributed by atoms with Crippen LogP contribution >= 0.6 is 0 Å². The van der Waals surface area contributed by atoms with Crippen LogP contribution in [0.1, 0.15) is 17.2 Å². The summed E-state index contributed by atoms with van der Waals surface area (Å²) >= 11 is 0. The molecule has 0 spiro atoms. The van der Waals surface area contributed by atoms with Crippen molar-refractivity contribution in [3.05, 3.63) is 48.0 Å². The Kier molecular flexibility index (Phi) is 4.25. The molecule has 0 aliphatic rings. The molecule has 2 rings (SSSR count). The molecule has 0 fully saturated rings. The van der Waals surface area contributed by atoms with E-state index in [1.165, 1.54) is 0 Å². The molecule has 2 aromatic heterocycles. The second-order valence-corrected chi connectivity index (χ2v) is 4.32. The number of carbonyl (C=O) groups is 1. The topological polar surface area (TPSA) is 85.8 Å². The van der Waals surface area contributed by atoms with E-state index in [9.17, 15) is 4.79 Å². The number of nitrogens with zero attached hydrogens (tertiary/aromatic N) is 3. The zero-order valence-corrected chi connectivity index (χ0v) is 10.8. The Morgan fingerprint density at radius 3 is 2.84 bits per heavy atom. The van der Waals surface area contributed by atoms with Gasteiger partial charge in [0.05, 0.1) is 6.20 Å². The number of hydrogen-bond donors (Lipinski definition) is 2. The third kappa shape index (κ3) is 3.62. The van der Waals surface area contributed by atoms with Crippen molar-refractivity contribution in [3.63, 3.8) is 0 Å². The fraction of sp³-hybridized carbons (Fsp3) is 0.308. The number of pyridine rings is 1. The highest BCUT2D eigenvalue weighted by Crippen LogP contribution is 2.08. The van der Waals surface area contributed by atoms with E-state index in [1.807, 2.05) is 12.1 Å². The summed E-state index contributed by atoms with van der Waals surface area (Å²) in [5.74, 6) is -0.193. The first-order valence-electron chi connectivity index (χ1n) is 6.07. The second-order valence-electron chi connectivity index (χ2n) is 4.32. The highest BCUT2D eigenvalue weighted by molar-refractivity contribution is 5.82. The van der Waals surface area contributed by atoms with Gasteiger partial charge in [-0.2, -0.15) is 5.10 Å². The molecule has 0 saturated carbocycles. The van der Waals surface area contributed by atoms with Crippen molar-refractivity contribution in [1.82, 2.24) is 20.1 Å². The molecule has 0 aromatic carbocycles. The number of hydrogen-bond acceptors (Lipinski definition) is 4. The van der Waals surface area contributed by atoms with E-state index in [2.05, 4.69) is 15.4 Å². The lowest BCUT2D eigenvalue weighted by Gasteiger charge is -2.10. The number of aryl methyl sites for hydroxylation is 1. The standard InChI is InChI=1S/C13H17N5O/c1-18-9-11(8-17-18)12(14)13(19)16-7-4-10-2-5-15-6-3-10/h2-3,5-6,8-9,12H,4,7,14H2,1H3,(H,16,19). The van der Waals surface area contributed by atoms with Gasteiger partial charge in [-0.25, -0.2) is 0 Å². The van der Waals surface area contributed by atoms with Crippen LogP contribution in [0.25, 0.3) is 0 Å². The molecule has 1 atom stereocenters. The third-order valence-electron chi connectivity index (χ3n) is 2.83. The lowest BCUT2D eigenvalue weighted by atomic mass is 10.1. The van der Waals surface area contributed by atoms with Crippen molar-refractivity contribution in [2.45, 2.75) is 12.5 Å². The van der Waals surface area contributed by atoms with Gasteiger partial charge in [-0.3, -0.25) is 14.5 Å². The van der Waals surface area contributed by atoms with Crippen LogP contribution in [-0.2, 0) is 18.3 Å². The van der Waals surface area contributed by atoms with Gasteiger partial charge in [-0.15, -0.1) is 0 Å². The smallest absolute Gasteiger partial charge is 0.241 e. The quantitative estimate of drug-likeness (QED) is 0.801. The van der Waals surface area contributed by atoms with E-state index < -0.39 is 6.04 Å². The van der Waals surface area contributed by atoms with Gasteiger partial charge in [-0.1, -0.05) is 0 Å². The fourth-order valence-corrected chi connectivity index (χ4v) is 1.74. The lowest BCUT2D eigenvalue weighted by molar-refractivity contribution is -0.122. The van der Waals surface area contributed by atoms with E-state index in [1.54, 1.807) is 36.5 Å². The zero-order valence-electron chi connectivity index (χ0n) is 10.8. The molecular formula is C13H17N5O. The van der Waals surface area contributed by atoms with Crippen LogP contribution in [0.5, 0.6) is 0 Å². The Hall–Kier alpha value is -2.21. The summed E-state index contributed by atoms with van der Waals surface area (Å²) < 4.78 is 1.62. The second kappa shape index (κ2) is 6.10. The van der Waals surface area contributed by atoms with E-state index in [0.29, 0.717) is 12.1 Å². The monoisotopic (exact) mass is 259 g/mol. The average Bonchev–Trinajstić information content (AvgIpc) is 2.85. The van der Waals surface area contributed by atoms with Crippen molar-refractivity contribution in [2.75, 3.05) is 6.54 Å². The Bertz CT molecular complexity index is 537. The summed E-state index contributed by atoms with van der Waals surface area (Å²) in [6.45, 7) is 0.552. The highest BCUT2D eigenvalue weighted by atomic mass is 16.2. The minimum Gasteiger partial charge on any atom is -0.354 e. The first-order valence-corrected chi connectivity index (χ1v) is 6.07. The molecule has 0 radical (unpaired) electrons. The number of rotatable bonds is 5. The van der Waals surface area contributed by atoms with Crippen LogP contribution in [0.3, 0.4) is 0 Å². The van der Waals surface area contributed by atoms with Gasteiger partial charge in [0, 0.05) is 37.7 Å². The molecule has 0 aliphatic carbocycles. The Labute approximate surface area is 111 Å². The highest BCUT2D eigenvalue weighted by Gasteiger charge is 2.16. The van der Waals surface area contributed by atoms with Gasteiger partial charge in [-0.05, 0) is 24.1 Å². The van der Waals surface area contributed by atoms with Gasteiger partial charge in [0.2, 0.25) is 5.91 Å². The van der Waals surface area contributed by atoms with Crippen LogP contribution in [0.15, 0.2) is 36.9 Å². The molecule has 0 saturated heterocycles. The van der Waals surface area contributed by atoms with Crippen molar-refractivity contribution in [2.24, 2.45) is 12.8 Å². The molecule has 0 aliphatic heterocycles. The van der Waals surface area contributed by atoms with Crippen LogP contribution in [-0.4, -0.2) is 27.2 Å². The number of amides is 1. The number of nitrogens with two attached hydrogens (primary N) is 1. The van der Waals surface area contributed by atoms with Gasteiger partial charge in [0.1, 0.15) is 6.04 Å². The van der Waals surface area contributed by atoms with Crippen molar-refractivity contribution in [1.29, 1.82) is 0 Å². The fourth-order valence-electron chi connectivity index (χ4n) is 1.74. The maximum absolute atomic E-state index is 11.9. The van der Waals surface area contributed by atoms with Crippen molar-refractivity contribution >= 4 is 5.91 Å². The van der Waals surface area contributed by atoms with Crippen LogP contribution in [0.4, 0.5) is 0 Å². The number of aromatic nitrogens is 3. The molecule has 1 unspecified atom stereocenters. The predicted octanol–water partition coefficient (Wildman–Crippen LogP) is 0.174. The third-order valence-corrected chi connectivity index (χ3v) is 2.83. The molecular weight excluding hydrogens is 242 g/mol. The average molecular weight is 259 g/mol. The summed E-state index contributed by atoms with van der Waals surface area (Å²) in [6, 6.07) is 3.17. The summed E-state index contributed by atoms with van der Waals surface area (Å²) in [6.07, 6.45) is 7.57. The Morgan fingerprint density at radius 1 is 1.47 bits per heavy atom. The van der Waals surface area contributed by atoms with Crippen LogP contribution in [0, 0.1) is 0 Å². The molecule has 3 N–H and O–H groups in total. The lowest BCUT2D eigenvalue weighted by Crippen LogP contribution is -2.35. The van der Waals surface area contributed by atoms with Crippen molar-refractivity contribution < 1.29 is 4.79 Å². The van der Waals surface area contributed by atoms with E-state index >= 15 is 0 Å². The minimum absolute atomic E-state index is 0.193. The normalized spacial score (nSPS) is 12.1. The minimum atomic E-state index is -0.675. The van der Waals surface area contributed by atoms with Crippen LogP contribution in [0.2, 0.25) is 0 Å². The number of nitrogens with one attached hydrogen (secondary N) is 1. The van der Waals surface area contributed by atoms with E-state index in [0.717, 1.165) is 12.0 Å². The van der Waals surface area contributed by atoms with Gasteiger partial charge >= 0.3 is 0 Å². The predicted molar refractivity (Wildman–Crippen MR) is 71.1 cm³/mol. The maximum atomic E-state index is 11.9. The van der Waals surface area contributed by atoms with Crippen LogP contribution < -0.4 is 11.1 Å². The largest absolute Gasteiger partial charge is 0.354 e.